The molecule has 0 saturated carbocycles. The van der Waals surface area contributed by atoms with E-state index in [2.05, 4.69) is 32.9 Å². The van der Waals surface area contributed by atoms with Crippen molar-refractivity contribution in [2.75, 3.05) is 18.1 Å². The minimum atomic E-state index is -0.561. The molecule has 3 rings (SSSR count). The van der Waals surface area contributed by atoms with Crippen molar-refractivity contribution in [2.45, 2.75) is 39.0 Å². The van der Waals surface area contributed by atoms with Crippen molar-refractivity contribution >= 4 is 40.6 Å². The van der Waals surface area contributed by atoms with E-state index in [1.54, 1.807) is 6.07 Å². The minimum Gasteiger partial charge on any atom is -0.494 e. The summed E-state index contributed by atoms with van der Waals surface area (Å²) in [5.74, 6) is -0.295. The first-order valence-corrected chi connectivity index (χ1v) is 10.0. The molecule has 0 aliphatic carbocycles. The SMILES string of the molecule is CC(C)(C)c1ccc(OCCCCN2C(=O)C(=O)c3cc(Cl)cc(Cl)c32)cc1. The number of fused-ring (bicyclic) bond motifs is 1. The molecule has 2 aromatic rings. The van der Waals surface area contributed by atoms with Crippen LogP contribution >= 0.6 is 23.2 Å². The van der Waals surface area contributed by atoms with Crippen LogP contribution in [0.3, 0.4) is 0 Å². The van der Waals surface area contributed by atoms with Gasteiger partial charge in [-0.2, -0.15) is 0 Å². The topological polar surface area (TPSA) is 46.6 Å². The van der Waals surface area contributed by atoms with Gasteiger partial charge in [0.05, 0.1) is 22.9 Å². The molecule has 1 aliphatic heterocycles. The van der Waals surface area contributed by atoms with Gasteiger partial charge in [0.1, 0.15) is 5.75 Å². The summed E-state index contributed by atoms with van der Waals surface area (Å²) in [4.78, 5) is 25.9. The molecule has 0 radical (unpaired) electrons. The molecule has 0 N–H and O–H groups in total. The maximum absolute atomic E-state index is 12.3. The van der Waals surface area contributed by atoms with Gasteiger partial charge in [-0.1, -0.05) is 56.1 Å². The van der Waals surface area contributed by atoms with E-state index >= 15 is 0 Å². The van der Waals surface area contributed by atoms with Gasteiger partial charge in [0, 0.05) is 11.6 Å². The maximum Gasteiger partial charge on any atom is 0.299 e. The lowest BCUT2D eigenvalue weighted by Crippen LogP contribution is -2.31. The van der Waals surface area contributed by atoms with Crippen LogP contribution in [0.5, 0.6) is 5.75 Å². The van der Waals surface area contributed by atoms with Crippen molar-refractivity contribution in [2.24, 2.45) is 0 Å². The molecule has 1 heterocycles. The number of halogens is 2. The van der Waals surface area contributed by atoms with Crippen molar-refractivity contribution in [3.8, 4) is 5.75 Å². The third-order valence-corrected chi connectivity index (χ3v) is 5.25. The Kier molecular flexibility index (Phi) is 6.01. The lowest BCUT2D eigenvalue weighted by atomic mass is 9.87. The van der Waals surface area contributed by atoms with Crippen molar-refractivity contribution in [1.29, 1.82) is 0 Å². The summed E-state index contributed by atoms with van der Waals surface area (Å²) in [6.45, 7) is 7.46. The van der Waals surface area contributed by atoms with Gasteiger partial charge in [0.25, 0.3) is 11.7 Å². The highest BCUT2D eigenvalue weighted by Gasteiger charge is 2.37. The molecule has 0 bridgehead atoms. The first-order chi connectivity index (χ1) is 13.2. The number of hydrogen-bond donors (Lipinski definition) is 0. The molecule has 4 nitrogen and oxygen atoms in total. The lowest BCUT2D eigenvalue weighted by molar-refractivity contribution is -0.114. The molecule has 0 spiro atoms. The Morgan fingerprint density at radius 1 is 1.00 bits per heavy atom. The van der Waals surface area contributed by atoms with Crippen molar-refractivity contribution in [1.82, 2.24) is 0 Å². The van der Waals surface area contributed by atoms with Crippen LogP contribution < -0.4 is 9.64 Å². The molecule has 1 aliphatic rings. The number of unbranched alkanes of at least 4 members (excludes halogenated alkanes) is 1. The number of Topliss-reactive ketones (excluding diaryl/α,β-unsaturated/α-hetero) is 1. The fraction of sp³-hybridized carbons (Fsp3) is 0.364. The third kappa shape index (κ3) is 4.34. The first kappa shape index (κ1) is 20.7. The van der Waals surface area contributed by atoms with Gasteiger partial charge in [-0.15, -0.1) is 0 Å². The molecule has 1 amide bonds. The predicted octanol–water partition coefficient (Wildman–Crippen LogP) is 5.68. The molecule has 0 fully saturated rings. The largest absolute Gasteiger partial charge is 0.494 e. The van der Waals surface area contributed by atoms with Gasteiger partial charge in [0.2, 0.25) is 0 Å². The molecule has 0 unspecified atom stereocenters. The summed E-state index contributed by atoms with van der Waals surface area (Å²) in [5, 5.41) is 0.662. The Morgan fingerprint density at radius 2 is 1.68 bits per heavy atom. The fourth-order valence-corrected chi connectivity index (χ4v) is 3.77. The predicted molar refractivity (Wildman–Crippen MR) is 113 cm³/mol. The van der Waals surface area contributed by atoms with Crippen LogP contribution in [0.4, 0.5) is 5.69 Å². The van der Waals surface area contributed by atoms with Gasteiger partial charge in [0.15, 0.2) is 0 Å². The van der Waals surface area contributed by atoms with E-state index in [1.807, 2.05) is 12.1 Å². The molecule has 0 saturated heterocycles. The number of carbonyl (C=O) groups excluding carboxylic acids is 2. The van der Waals surface area contributed by atoms with Crippen LogP contribution in [0.2, 0.25) is 10.0 Å². The van der Waals surface area contributed by atoms with E-state index in [0.29, 0.717) is 35.3 Å². The normalized spacial score (nSPS) is 13.8. The lowest BCUT2D eigenvalue weighted by Gasteiger charge is -2.19. The van der Waals surface area contributed by atoms with E-state index in [-0.39, 0.29) is 11.0 Å². The number of carbonyl (C=O) groups is 2. The monoisotopic (exact) mass is 419 g/mol. The second-order valence-corrected chi connectivity index (χ2v) is 8.74. The quantitative estimate of drug-likeness (QED) is 0.446. The summed E-state index contributed by atoms with van der Waals surface area (Å²) < 4.78 is 5.78. The summed E-state index contributed by atoms with van der Waals surface area (Å²) in [5.41, 5.74) is 2.10. The minimum absolute atomic E-state index is 0.111. The number of ether oxygens (including phenoxy) is 1. The van der Waals surface area contributed by atoms with Crippen LogP contribution in [0.15, 0.2) is 36.4 Å². The Morgan fingerprint density at radius 3 is 2.32 bits per heavy atom. The van der Waals surface area contributed by atoms with E-state index in [1.165, 1.54) is 16.5 Å². The molecular weight excluding hydrogens is 397 g/mol. The van der Waals surface area contributed by atoms with E-state index in [9.17, 15) is 9.59 Å². The Bertz CT molecular complexity index is 901. The highest BCUT2D eigenvalue weighted by atomic mass is 35.5. The number of nitrogens with zero attached hydrogens (tertiary/aromatic N) is 1. The van der Waals surface area contributed by atoms with Gasteiger partial charge < -0.3 is 9.64 Å². The van der Waals surface area contributed by atoms with Crippen LogP contribution in [0.1, 0.15) is 49.5 Å². The molecule has 28 heavy (non-hydrogen) atoms. The number of amides is 1. The van der Waals surface area contributed by atoms with Crippen LogP contribution in [0, 0.1) is 0 Å². The van der Waals surface area contributed by atoms with Crippen molar-refractivity contribution in [3.05, 3.63) is 57.6 Å². The third-order valence-electron chi connectivity index (χ3n) is 4.75. The highest BCUT2D eigenvalue weighted by molar-refractivity contribution is 6.54. The highest BCUT2D eigenvalue weighted by Crippen LogP contribution is 2.38. The Labute approximate surface area is 175 Å². The summed E-state index contributed by atoms with van der Waals surface area (Å²) in [7, 11) is 0. The fourth-order valence-electron chi connectivity index (χ4n) is 3.18. The standard InChI is InChI=1S/C22H23Cl2NO3/c1-22(2,3)14-6-8-16(9-7-14)28-11-5-4-10-25-19-17(20(26)21(25)27)12-15(23)13-18(19)24/h6-9,12-13H,4-5,10-11H2,1-3H3. The zero-order chi connectivity index (χ0) is 20.5. The summed E-state index contributed by atoms with van der Waals surface area (Å²) in [6.07, 6.45) is 1.44. The number of rotatable bonds is 6. The first-order valence-electron chi connectivity index (χ1n) is 9.27. The number of anilines is 1. The summed E-state index contributed by atoms with van der Waals surface area (Å²) >= 11 is 12.2. The van der Waals surface area contributed by atoms with E-state index in [4.69, 9.17) is 27.9 Å². The van der Waals surface area contributed by atoms with Gasteiger partial charge >= 0.3 is 0 Å². The number of benzene rings is 2. The Balaban J connectivity index is 1.53. The maximum atomic E-state index is 12.3. The Hall–Kier alpha value is -2.04. The van der Waals surface area contributed by atoms with Gasteiger partial charge in [-0.3, -0.25) is 9.59 Å². The van der Waals surface area contributed by atoms with Gasteiger partial charge in [-0.25, -0.2) is 0 Å². The average molecular weight is 420 g/mol. The number of hydrogen-bond acceptors (Lipinski definition) is 3. The molecule has 6 heteroatoms. The molecule has 148 valence electrons. The molecule has 0 aromatic heterocycles. The van der Waals surface area contributed by atoms with Crippen LogP contribution in [-0.4, -0.2) is 24.8 Å². The van der Waals surface area contributed by atoms with Gasteiger partial charge in [-0.05, 0) is 48.1 Å². The number of ketones is 1. The van der Waals surface area contributed by atoms with E-state index in [0.717, 1.165) is 12.2 Å². The van der Waals surface area contributed by atoms with E-state index < -0.39 is 11.7 Å². The second kappa shape index (κ2) is 8.14. The van der Waals surface area contributed by atoms with Crippen LogP contribution in [-0.2, 0) is 10.2 Å². The smallest absolute Gasteiger partial charge is 0.299 e. The zero-order valence-corrected chi connectivity index (χ0v) is 17.7. The van der Waals surface area contributed by atoms with Crippen molar-refractivity contribution in [3.63, 3.8) is 0 Å². The molecular formula is C22H23Cl2NO3. The van der Waals surface area contributed by atoms with Crippen molar-refractivity contribution < 1.29 is 14.3 Å². The molecule has 0 atom stereocenters. The average Bonchev–Trinajstić information content (AvgIpc) is 2.86. The second-order valence-electron chi connectivity index (χ2n) is 7.90. The summed E-state index contributed by atoms with van der Waals surface area (Å²) in [6, 6.07) is 11.1. The molecule has 2 aromatic carbocycles. The van der Waals surface area contributed by atoms with Crippen LogP contribution in [0.25, 0.3) is 0 Å². The zero-order valence-electron chi connectivity index (χ0n) is 16.2.